The number of fused-ring (bicyclic) bond motifs is 1. The second-order valence-electron chi connectivity index (χ2n) is 8.67. The first-order valence-corrected chi connectivity index (χ1v) is 12.0. The van der Waals surface area contributed by atoms with Crippen molar-refractivity contribution in [2.45, 2.75) is 19.1 Å². The van der Waals surface area contributed by atoms with Crippen molar-refractivity contribution in [2.24, 2.45) is 5.73 Å². The molecule has 5 rings (SSSR count). The summed E-state index contributed by atoms with van der Waals surface area (Å²) in [5, 5.41) is 11.7. The molecule has 7 nitrogen and oxygen atoms in total. The summed E-state index contributed by atoms with van der Waals surface area (Å²) >= 11 is 0. The van der Waals surface area contributed by atoms with Crippen molar-refractivity contribution in [3.63, 3.8) is 0 Å². The highest BCUT2D eigenvalue weighted by Gasteiger charge is 2.31. The van der Waals surface area contributed by atoms with Gasteiger partial charge in [-0.05, 0) is 47.9 Å². The molecule has 0 bridgehead atoms. The van der Waals surface area contributed by atoms with Crippen molar-refractivity contribution < 1.29 is 9.53 Å². The maximum absolute atomic E-state index is 12.6. The van der Waals surface area contributed by atoms with E-state index in [-0.39, 0.29) is 6.04 Å². The van der Waals surface area contributed by atoms with Gasteiger partial charge in [-0.15, -0.1) is 6.58 Å². The normalized spacial score (nSPS) is 14.4. The fraction of sp³-hybridized carbons (Fsp3) is 0.172. The number of carbonyl (C=O) groups is 1. The molecule has 4 aromatic rings. The first-order valence-electron chi connectivity index (χ1n) is 12.0. The van der Waals surface area contributed by atoms with E-state index < -0.39 is 5.91 Å². The number of ether oxygens (including phenoxy) is 1. The highest BCUT2D eigenvalue weighted by atomic mass is 16.5. The van der Waals surface area contributed by atoms with E-state index >= 15 is 0 Å². The van der Waals surface area contributed by atoms with Crippen molar-refractivity contribution >= 4 is 17.4 Å². The van der Waals surface area contributed by atoms with Gasteiger partial charge in [-0.1, -0.05) is 54.6 Å². The molecule has 2 heterocycles. The molecule has 36 heavy (non-hydrogen) atoms. The number of primary amides is 1. The monoisotopic (exact) mass is 479 g/mol. The first-order chi connectivity index (χ1) is 17.7. The van der Waals surface area contributed by atoms with Crippen molar-refractivity contribution in [3.05, 3.63) is 108 Å². The summed E-state index contributed by atoms with van der Waals surface area (Å²) < 4.78 is 7.81. The van der Waals surface area contributed by atoms with Crippen LogP contribution in [0.2, 0.25) is 0 Å². The Morgan fingerprint density at radius 1 is 1.11 bits per heavy atom. The fourth-order valence-corrected chi connectivity index (χ4v) is 4.58. The number of anilines is 2. The Bertz CT molecular complexity index is 1360. The van der Waals surface area contributed by atoms with Gasteiger partial charge in [-0.25, -0.2) is 4.68 Å². The Morgan fingerprint density at radius 3 is 2.61 bits per heavy atom. The van der Waals surface area contributed by atoms with Gasteiger partial charge in [0, 0.05) is 24.3 Å². The second kappa shape index (κ2) is 10.4. The third-order valence-electron chi connectivity index (χ3n) is 6.30. The molecule has 1 aliphatic heterocycles. The molecule has 182 valence electrons. The van der Waals surface area contributed by atoms with E-state index in [1.165, 1.54) is 0 Å². The summed E-state index contributed by atoms with van der Waals surface area (Å²) in [5.41, 5.74) is 10.8. The smallest absolute Gasteiger partial charge is 0.254 e. The highest BCUT2D eigenvalue weighted by Crippen LogP contribution is 2.39. The third-order valence-corrected chi connectivity index (χ3v) is 6.30. The predicted octanol–water partition coefficient (Wildman–Crippen LogP) is 5.23. The Balaban J connectivity index is 1.47. The number of carbonyl (C=O) groups excluding carboxylic acids is 1. The van der Waals surface area contributed by atoms with Gasteiger partial charge in [0.15, 0.2) is 0 Å². The second-order valence-corrected chi connectivity index (χ2v) is 8.67. The molecule has 1 aliphatic rings. The van der Waals surface area contributed by atoms with Crippen LogP contribution in [0.3, 0.4) is 0 Å². The van der Waals surface area contributed by atoms with Crippen LogP contribution in [0.15, 0.2) is 91.5 Å². The highest BCUT2D eigenvalue weighted by molar-refractivity contribution is 6.04. The van der Waals surface area contributed by atoms with Crippen LogP contribution in [0, 0.1) is 0 Å². The molecular weight excluding hydrogens is 450 g/mol. The maximum atomic E-state index is 12.6. The minimum atomic E-state index is -0.512. The van der Waals surface area contributed by atoms with Crippen molar-refractivity contribution in [1.82, 2.24) is 9.78 Å². The Kier molecular flexibility index (Phi) is 6.71. The van der Waals surface area contributed by atoms with E-state index in [4.69, 9.17) is 15.6 Å². The first kappa shape index (κ1) is 23.2. The van der Waals surface area contributed by atoms with E-state index in [1.54, 1.807) is 0 Å². The van der Waals surface area contributed by atoms with E-state index in [1.807, 2.05) is 83.6 Å². The molecule has 1 amide bonds. The number of para-hydroxylation sites is 1. The Hall–Kier alpha value is -4.52. The van der Waals surface area contributed by atoms with Crippen LogP contribution in [0.4, 0.5) is 11.5 Å². The number of aromatic nitrogens is 2. The maximum Gasteiger partial charge on any atom is 0.254 e. The number of hydrogen-bond acceptors (Lipinski definition) is 5. The number of hydrogen-bond donors (Lipinski definition) is 3. The standard InChI is InChI=1S/C29H29N5O2/c1-2-17-31-24-11-7-6-10-23(24)25-16-18-32-29-26(28(30)35)27(33-34(25)29)21-12-14-22(15-13-21)36-19-20-8-4-3-5-9-20/h2-15,25,31-32H,1,16-19H2,(H2,30,35). The lowest BCUT2D eigenvalue weighted by Crippen LogP contribution is -2.26. The molecule has 4 N–H and O–H groups in total. The lowest BCUT2D eigenvalue weighted by Gasteiger charge is -2.28. The molecule has 0 radical (unpaired) electrons. The lowest BCUT2D eigenvalue weighted by atomic mass is 9.99. The summed E-state index contributed by atoms with van der Waals surface area (Å²) in [7, 11) is 0. The molecule has 1 atom stereocenters. The molecule has 0 spiro atoms. The van der Waals surface area contributed by atoms with Gasteiger partial charge in [0.1, 0.15) is 29.4 Å². The van der Waals surface area contributed by atoms with Crippen molar-refractivity contribution in [1.29, 1.82) is 0 Å². The molecule has 0 saturated carbocycles. The fourth-order valence-electron chi connectivity index (χ4n) is 4.58. The number of nitrogens with two attached hydrogens (primary N) is 1. The topological polar surface area (TPSA) is 94.2 Å². The van der Waals surface area contributed by atoms with Gasteiger partial charge in [0.05, 0.1) is 6.04 Å². The molecule has 7 heteroatoms. The largest absolute Gasteiger partial charge is 0.489 e. The summed E-state index contributed by atoms with van der Waals surface area (Å²) in [5.74, 6) is 0.879. The van der Waals surface area contributed by atoms with Crippen molar-refractivity contribution in [2.75, 3.05) is 23.7 Å². The lowest BCUT2D eigenvalue weighted by molar-refractivity contribution is 0.100. The SMILES string of the molecule is C=CCNc1ccccc1C1CCNc2c(C(N)=O)c(-c3ccc(OCc4ccccc4)cc3)nn21. The minimum absolute atomic E-state index is 0.0462. The van der Waals surface area contributed by atoms with Crippen LogP contribution in [0.5, 0.6) is 5.75 Å². The van der Waals surface area contributed by atoms with Crippen LogP contribution in [-0.4, -0.2) is 28.8 Å². The molecule has 1 aromatic heterocycles. The zero-order valence-corrected chi connectivity index (χ0v) is 20.0. The van der Waals surface area contributed by atoms with Crippen LogP contribution in [0.25, 0.3) is 11.3 Å². The molecule has 0 aliphatic carbocycles. The average Bonchev–Trinajstić information content (AvgIpc) is 3.32. The van der Waals surface area contributed by atoms with E-state index in [0.717, 1.165) is 34.5 Å². The van der Waals surface area contributed by atoms with Gasteiger partial charge in [-0.2, -0.15) is 5.10 Å². The number of nitrogens with one attached hydrogen (secondary N) is 2. The zero-order valence-electron chi connectivity index (χ0n) is 20.0. The van der Waals surface area contributed by atoms with Gasteiger partial charge >= 0.3 is 0 Å². The van der Waals surface area contributed by atoms with E-state index in [0.29, 0.717) is 36.8 Å². The van der Waals surface area contributed by atoms with Crippen LogP contribution >= 0.6 is 0 Å². The zero-order chi connectivity index (χ0) is 24.9. The number of nitrogens with zero attached hydrogens (tertiary/aromatic N) is 2. The molecule has 3 aromatic carbocycles. The van der Waals surface area contributed by atoms with E-state index in [2.05, 4.69) is 23.3 Å². The third kappa shape index (κ3) is 4.68. The van der Waals surface area contributed by atoms with Gasteiger partial charge in [0.25, 0.3) is 5.91 Å². The number of benzene rings is 3. The van der Waals surface area contributed by atoms with Gasteiger partial charge in [-0.3, -0.25) is 4.79 Å². The molecule has 1 unspecified atom stereocenters. The Labute approximate surface area is 210 Å². The van der Waals surface area contributed by atoms with Crippen molar-refractivity contribution in [3.8, 4) is 17.0 Å². The summed E-state index contributed by atoms with van der Waals surface area (Å²) in [6.07, 6.45) is 2.65. The van der Waals surface area contributed by atoms with Crippen LogP contribution in [0.1, 0.15) is 33.9 Å². The molecule has 0 fully saturated rings. The summed E-state index contributed by atoms with van der Waals surface area (Å²) in [4.78, 5) is 12.6. The van der Waals surface area contributed by atoms with Crippen LogP contribution in [-0.2, 0) is 6.61 Å². The average molecular weight is 480 g/mol. The van der Waals surface area contributed by atoms with Gasteiger partial charge < -0.3 is 21.1 Å². The minimum Gasteiger partial charge on any atom is -0.489 e. The van der Waals surface area contributed by atoms with E-state index in [9.17, 15) is 4.79 Å². The van der Waals surface area contributed by atoms with Crippen LogP contribution < -0.4 is 21.1 Å². The number of rotatable bonds is 9. The molecule has 0 saturated heterocycles. The van der Waals surface area contributed by atoms with Gasteiger partial charge in [0.2, 0.25) is 0 Å². The predicted molar refractivity (Wildman–Crippen MR) is 143 cm³/mol. The molecular formula is C29H29N5O2. The Morgan fingerprint density at radius 2 is 1.86 bits per heavy atom. The summed E-state index contributed by atoms with van der Waals surface area (Å²) in [6, 6.07) is 25.7. The number of amides is 1. The summed E-state index contributed by atoms with van der Waals surface area (Å²) in [6.45, 7) is 5.65. The quantitative estimate of drug-likeness (QED) is 0.286.